The SMILES string of the molecule is CCCCCCCCC(CCCCCCCC)OC(=O)CCCCCCCN(CCCCCCCC(=O)OC(CCCCCCCC)CCCCCCCC)CCCN(CCO)CCO. The van der Waals surface area contributed by atoms with Crippen LogP contribution in [0.1, 0.15) is 291 Å². The molecule has 8 nitrogen and oxygen atoms in total. The summed E-state index contributed by atoms with van der Waals surface area (Å²) in [6.07, 6.45) is 48.1. The summed E-state index contributed by atoms with van der Waals surface area (Å²) in [4.78, 5) is 30.6. The third-order valence-electron chi connectivity index (χ3n) is 13.6. The number of aliphatic hydroxyl groups excluding tert-OH is 2. The molecule has 388 valence electrons. The molecule has 0 radical (unpaired) electrons. The number of ether oxygens (including phenoxy) is 2. The molecule has 0 aliphatic rings. The number of carbonyl (C=O) groups excluding carboxylic acids is 2. The smallest absolute Gasteiger partial charge is 0.306 e. The molecular weight excluding hydrogens is 809 g/mol. The van der Waals surface area contributed by atoms with Gasteiger partial charge in [-0.05, 0) is 110 Å². The fourth-order valence-electron chi connectivity index (χ4n) is 9.37. The van der Waals surface area contributed by atoms with E-state index in [0.29, 0.717) is 25.9 Å². The van der Waals surface area contributed by atoms with Gasteiger partial charge in [-0.3, -0.25) is 14.5 Å². The van der Waals surface area contributed by atoms with Crippen molar-refractivity contribution in [3.63, 3.8) is 0 Å². The molecule has 0 aromatic heterocycles. The summed E-state index contributed by atoms with van der Waals surface area (Å²) in [6, 6.07) is 0. The second kappa shape index (κ2) is 52.2. The predicted octanol–water partition coefficient (Wildman–Crippen LogP) is 15.5. The quantitative estimate of drug-likeness (QED) is 0.0460. The second-order valence-corrected chi connectivity index (χ2v) is 20.0. The average molecular weight is 924 g/mol. The van der Waals surface area contributed by atoms with Crippen LogP contribution in [0.15, 0.2) is 0 Å². The third-order valence-corrected chi connectivity index (χ3v) is 13.6. The van der Waals surface area contributed by atoms with Crippen LogP contribution >= 0.6 is 0 Å². The van der Waals surface area contributed by atoms with Crippen LogP contribution in [-0.4, -0.2) is 96.6 Å². The number of carbonyl (C=O) groups is 2. The second-order valence-electron chi connectivity index (χ2n) is 20.0. The van der Waals surface area contributed by atoms with Crippen molar-refractivity contribution in [2.75, 3.05) is 52.5 Å². The zero-order chi connectivity index (χ0) is 47.5. The monoisotopic (exact) mass is 923 g/mol. The van der Waals surface area contributed by atoms with Crippen LogP contribution in [0.3, 0.4) is 0 Å². The van der Waals surface area contributed by atoms with Crippen molar-refractivity contribution in [2.45, 2.75) is 303 Å². The predicted molar refractivity (Wildman–Crippen MR) is 279 cm³/mol. The molecule has 0 rings (SSSR count). The summed E-state index contributed by atoms with van der Waals surface area (Å²) in [6.45, 7) is 14.6. The van der Waals surface area contributed by atoms with E-state index in [9.17, 15) is 19.8 Å². The molecule has 0 aromatic carbocycles. The molecule has 0 fully saturated rings. The lowest BCUT2D eigenvalue weighted by Crippen LogP contribution is -2.34. The van der Waals surface area contributed by atoms with E-state index in [2.05, 4.69) is 37.5 Å². The fourth-order valence-corrected chi connectivity index (χ4v) is 9.37. The minimum atomic E-state index is 0.0146. The lowest BCUT2D eigenvalue weighted by Gasteiger charge is -2.25. The molecule has 0 saturated carbocycles. The Hall–Kier alpha value is -1.22. The first-order valence-electron chi connectivity index (χ1n) is 29.0. The van der Waals surface area contributed by atoms with E-state index in [1.807, 2.05) is 0 Å². The van der Waals surface area contributed by atoms with Gasteiger partial charge in [0.25, 0.3) is 0 Å². The number of nitrogens with zero attached hydrogens (tertiary/aromatic N) is 2. The summed E-state index contributed by atoms with van der Waals surface area (Å²) >= 11 is 0. The first-order chi connectivity index (χ1) is 31.9. The Morgan fingerprint density at radius 2 is 0.569 bits per heavy atom. The van der Waals surface area contributed by atoms with Crippen LogP contribution in [0.5, 0.6) is 0 Å². The number of hydrogen-bond acceptors (Lipinski definition) is 8. The molecule has 0 spiro atoms. The van der Waals surface area contributed by atoms with Crippen molar-refractivity contribution in [1.82, 2.24) is 9.80 Å². The molecule has 0 amide bonds. The van der Waals surface area contributed by atoms with Crippen molar-refractivity contribution in [3.05, 3.63) is 0 Å². The molecule has 0 saturated heterocycles. The van der Waals surface area contributed by atoms with Crippen LogP contribution in [-0.2, 0) is 19.1 Å². The zero-order valence-corrected chi connectivity index (χ0v) is 44.2. The van der Waals surface area contributed by atoms with E-state index in [-0.39, 0.29) is 37.4 Å². The third kappa shape index (κ3) is 46.3. The van der Waals surface area contributed by atoms with Crippen molar-refractivity contribution in [2.24, 2.45) is 0 Å². The van der Waals surface area contributed by atoms with Gasteiger partial charge in [0.2, 0.25) is 0 Å². The molecule has 8 heteroatoms. The highest BCUT2D eigenvalue weighted by atomic mass is 16.5. The highest BCUT2D eigenvalue weighted by Gasteiger charge is 2.16. The van der Waals surface area contributed by atoms with Crippen LogP contribution in [0, 0.1) is 0 Å². The lowest BCUT2D eigenvalue weighted by molar-refractivity contribution is -0.151. The van der Waals surface area contributed by atoms with Crippen LogP contribution in [0.2, 0.25) is 0 Å². The number of hydrogen-bond donors (Lipinski definition) is 2. The van der Waals surface area contributed by atoms with Crippen LogP contribution < -0.4 is 0 Å². The molecular formula is C57H114N2O6. The van der Waals surface area contributed by atoms with E-state index < -0.39 is 0 Å². The largest absolute Gasteiger partial charge is 0.462 e. The van der Waals surface area contributed by atoms with Gasteiger partial charge < -0.3 is 24.6 Å². The van der Waals surface area contributed by atoms with E-state index in [1.54, 1.807) is 0 Å². The van der Waals surface area contributed by atoms with Gasteiger partial charge >= 0.3 is 11.9 Å². The van der Waals surface area contributed by atoms with Gasteiger partial charge in [0.15, 0.2) is 0 Å². The summed E-state index contributed by atoms with van der Waals surface area (Å²) in [5.41, 5.74) is 0. The molecule has 0 aliphatic heterocycles. The van der Waals surface area contributed by atoms with Gasteiger partial charge in [-0.2, -0.15) is 0 Å². The van der Waals surface area contributed by atoms with Gasteiger partial charge in [-0.15, -0.1) is 0 Å². The normalized spacial score (nSPS) is 11.8. The van der Waals surface area contributed by atoms with Crippen LogP contribution in [0.4, 0.5) is 0 Å². The summed E-state index contributed by atoms with van der Waals surface area (Å²) in [7, 11) is 0. The highest BCUT2D eigenvalue weighted by molar-refractivity contribution is 5.69. The van der Waals surface area contributed by atoms with Gasteiger partial charge in [0.05, 0.1) is 13.2 Å². The van der Waals surface area contributed by atoms with Crippen molar-refractivity contribution < 1.29 is 29.3 Å². The summed E-state index contributed by atoms with van der Waals surface area (Å²) in [5, 5.41) is 19.0. The highest BCUT2D eigenvalue weighted by Crippen LogP contribution is 2.20. The fraction of sp³-hybridized carbons (Fsp3) is 0.965. The molecule has 0 heterocycles. The Labute approximate surface area is 405 Å². The van der Waals surface area contributed by atoms with Gasteiger partial charge in [0.1, 0.15) is 12.2 Å². The molecule has 65 heavy (non-hydrogen) atoms. The number of aliphatic hydroxyl groups is 2. The maximum atomic E-state index is 12.9. The van der Waals surface area contributed by atoms with Crippen LogP contribution in [0.25, 0.3) is 0 Å². The van der Waals surface area contributed by atoms with Crippen molar-refractivity contribution in [3.8, 4) is 0 Å². The zero-order valence-electron chi connectivity index (χ0n) is 44.2. The molecule has 0 atom stereocenters. The Morgan fingerprint density at radius 1 is 0.323 bits per heavy atom. The van der Waals surface area contributed by atoms with Gasteiger partial charge in [-0.1, -0.05) is 195 Å². The molecule has 2 N–H and O–H groups in total. The van der Waals surface area contributed by atoms with Gasteiger partial charge in [-0.25, -0.2) is 0 Å². The minimum Gasteiger partial charge on any atom is -0.462 e. The lowest BCUT2D eigenvalue weighted by atomic mass is 10.0. The standard InChI is InChI=1S/C57H114N2O6/c1-5-9-13-17-23-31-40-54(41-32-24-18-14-10-6-2)64-56(62)44-35-27-21-29-37-46-58(48-39-49-59(50-52-60)51-53-61)47-38-30-22-28-36-45-57(63)65-55(42-33-25-19-15-11-7-3)43-34-26-20-16-12-8-4/h54-55,60-61H,5-53H2,1-4H3. The van der Waals surface area contributed by atoms with Crippen molar-refractivity contribution in [1.29, 1.82) is 0 Å². The topological polar surface area (TPSA) is 99.5 Å². The number of unbranched alkanes of at least 4 members (excludes halogenated alkanes) is 28. The van der Waals surface area contributed by atoms with E-state index in [4.69, 9.17) is 9.47 Å². The Bertz CT molecular complexity index is 866. The van der Waals surface area contributed by atoms with E-state index in [1.165, 1.54) is 180 Å². The van der Waals surface area contributed by atoms with Gasteiger partial charge in [0, 0.05) is 25.9 Å². The molecule has 0 bridgehead atoms. The Morgan fingerprint density at radius 3 is 0.877 bits per heavy atom. The maximum Gasteiger partial charge on any atom is 0.306 e. The Balaban J connectivity index is 4.69. The Kier molecular flexibility index (Phi) is 51.2. The first-order valence-corrected chi connectivity index (χ1v) is 29.0. The van der Waals surface area contributed by atoms with E-state index in [0.717, 1.165) is 96.8 Å². The van der Waals surface area contributed by atoms with E-state index >= 15 is 0 Å². The molecule has 0 aromatic rings. The average Bonchev–Trinajstić information content (AvgIpc) is 3.29. The molecule has 0 aliphatic carbocycles. The van der Waals surface area contributed by atoms with Crippen molar-refractivity contribution >= 4 is 11.9 Å². The molecule has 0 unspecified atom stereocenters. The first kappa shape index (κ1) is 63.8. The minimum absolute atomic E-state index is 0.0146. The number of esters is 2. The summed E-state index contributed by atoms with van der Waals surface area (Å²) in [5.74, 6) is 0.0292. The summed E-state index contributed by atoms with van der Waals surface area (Å²) < 4.78 is 12.2. The maximum absolute atomic E-state index is 12.9. The number of rotatable bonds is 54.